The first-order chi connectivity index (χ1) is 14.5. The van der Waals surface area contributed by atoms with E-state index in [-0.39, 0.29) is 28.2 Å². The summed E-state index contributed by atoms with van der Waals surface area (Å²) in [6.45, 7) is 1.62. The van der Waals surface area contributed by atoms with E-state index in [1.807, 2.05) is 0 Å². The second-order valence-electron chi connectivity index (χ2n) is 7.04. The van der Waals surface area contributed by atoms with Gasteiger partial charge in [0, 0.05) is 17.0 Å². The van der Waals surface area contributed by atoms with E-state index in [2.05, 4.69) is 5.32 Å². The summed E-state index contributed by atoms with van der Waals surface area (Å²) in [5, 5.41) is 12.8. The average Bonchev–Trinajstić information content (AvgIpc) is 2.65. The summed E-state index contributed by atoms with van der Waals surface area (Å²) in [6, 6.07) is 6.71. The number of nitrogens with zero attached hydrogens (tertiary/aromatic N) is 1. The Morgan fingerprint density at radius 3 is 2.52 bits per heavy atom. The number of nitrogens with one attached hydrogen (secondary N) is 1. The van der Waals surface area contributed by atoms with Crippen LogP contribution in [0.2, 0.25) is 5.02 Å². The molecule has 31 heavy (non-hydrogen) atoms. The van der Waals surface area contributed by atoms with E-state index in [4.69, 9.17) is 11.6 Å². The van der Waals surface area contributed by atoms with Crippen molar-refractivity contribution in [2.75, 3.05) is 5.32 Å². The Bertz CT molecular complexity index is 1210. The number of hydrogen-bond donors (Lipinski definition) is 2. The van der Waals surface area contributed by atoms with Crippen LogP contribution in [0.1, 0.15) is 18.1 Å². The summed E-state index contributed by atoms with van der Waals surface area (Å²) in [6.07, 6.45) is -4.52. The molecular formula is C21H17ClF4N2O3. The predicted molar refractivity (Wildman–Crippen MR) is 109 cm³/mol. The van der Waals surface area contributed by atoms with Crippen LogP contribution in [0.5, 0.6) is 0 Å². The molecule has 0 saturated heterocycles. The van der Waals surface area contributed by atoms with Crippen molar-refractivity contribution in [1.29, 1.82) is 0 Å². The number of aromatic nitrogens is 1. The summed E-state index contributed by atoms with van der Waals surface area (Å²) in [5.41, 5.74) is -1.62. The molecule has 1 amide bonds. The molecule has 3 rings (SSSR count). The van der Waals surface area contributed by atoms with Gasteiger partial charge in [-0.05, 0) is 42.8 Å². The molecule has 0 saturated carbocycles. The van der Waals surface area contributed by atoms with Gasteiger partial charge in [-0.2, -0.15) is 13.2 Å². The van der Waals surface area contributed by atoms with Gasteiger partial charge in [-0.3, -0.25) is 9.59 Å². The number of carbonyl (C=O) groups is 1. The zero-order valence-corrected chi connectivity index (χ0v) is 16.9. The Morgan fingerprint density at radius 2 is 1.90 bits per heavy atom. The van der Waals surface area contributed by atoms with Crippen LogP contribution in [-0.2, 0) is 23.9 Å². The molecular weight excluding hydrogens is 440 g/mol. The molecule has 10 heteroatoms. The van der Waals surface area contributed by atoms with Gasteiger partial charge in [-0.1, -0.05) is 17.7 Å². The fourth-order valence-corrected chi connectivity index (χ4v) is 3.37. The fraction of sp³-hybridized carbons (Fsp3) is 0.238. The third-order valence-electron chi connectivity index (χ3n) is 4.54. The van der Waals surface area contributed by atoms with E-state index < -0.39 is 41.5 Å². The number of benzene rings is 2. The zero-order chi connectivity index (χ0) is 22.9. The molecule has 2 aromatic carbocycles. The third kappa shape index (κ3) is 5.05. The molecule has 1 heterocycles. The molecule has 0 aliphatic rings. The molecule has 2 N–H and O–H groups in total. The first-order valence-electron chi connectivity index (χ1n) is 9.12. The largest absolute Gasteiger partial charge is 0.419 e. The van der Waals surface area contributed by atoms with Crippen LogP contribution < -0.4 is 10.9 Å². The van der Waals surface area contributed by atoms with Crippen molar-refractivity contribution < 1.29 is 27.5 Å². The molecule has 0 fully saturated rings. The van der Waals surface area contributed by atoms with Crippen LogP contribution in [-0.4, -0.2) is 21.7 Å². The third-order valence-corrected chi connectivity index (χ3v) is 4.85. The first kappa shape index (κ1) is 22.8. The molecule has 5 nitrogen and oxygen atoms in total. The van der Waals surface area contributed by atoms with Crippen molar-refractivity contribution in [1.82, 2.24) is 4.57 Å². The second-order valence-corrected chi connectivity index (χ2v) is 7.45. The van der Waals surface area contributed by atoms with E-state index >= 15 is 0 Å². The maximum atomic E-state index is 13.7. The minimum Gasteiger partial charge on any atom is -0.392 e. The highest BCUT2D eigenvalue weighted by Crippen LogP contribution is 2.32. The normalized spacial score (nSPS) is 12.7. The van der Waals surface area contributed by atoms with Gasteiger partial charge in [0.15, 0.2) is 0 Å². The maximum Gasteiger partial charge on any atom is 0.419 e. The number of carbonyl (C=O) groups excluding carboxylic acids is 1. The molecule has 0 radical (unpaired) electrons. The monoisotopic (exact) mass is 456 g/mol. The van der Waals surface area contributed by atoms with Gasteiger partial charge in [0.1, 0.15) is 5.82 Å². The molecule has 1 aromatic heterocycles. The van der Waals surface area contributed by atoms with Crippen LogP contribution in [0.15, 0.2) is 47.4 Å². The van der Waals surface area contributed by atoms with Gasteiger partial charge in [0.05, 0.1) is 35.3 Å². The lowest BCUT2D eigenvalue weighted by Crippen LogP contribution is -2.25. The molecule has 0 spiro atoms. The molecule has 0 aliphatic heterocycles. The summed E-state index contributed by atoms with van der Waals surface area (Å²) < 4.78 is 53.1. The molecule has 0 bridgehead atoms. The lowest BCUT2D eigenvalue weighted by atomic mass is 10.1. The van der Waals surface area contributed by atoms with Crippen LogP contribution in [0.25, 0.3) is 10.8 Å². The summed E-state index contributed by atoms with van der Waals surface area (Å²) in [5.74, 6) is -2.12. The Labute approximate surface area is 178 Å². The molecule has 0 unspecified atom stereocenters. The Hall–Kier alpha value is -2.91. The zero-order valence-electron chi connectivity index (χ0n) is 16.1. The minimum absolute atomic E-state index is 0.0404. The number of amides is 1. The quantitative estimate of drug-likeness (QED) is 0.560. The van der Waals surface area contributed by atoms with Crippen molar-refractivity contribution in [3.8, 4) is 0 Å². The average molecular weight is 457 g/mol. The standard InChI is InChI=1S/C21H17ClF4N2O3/c1-11(29)10-28-7-6-13-14(20(28)31)3-5-16(22)19(13)27-18(30)9-12-2-4-15(17(23)8-12)21(24,25)26/h2-8,11,29H,9-10H2,1H3,(H,27,30)/t11-/m1/s1. The van der Waals surface area contributed by atoms with E-state index in [9.17, 15) is 32.3 Å². The van der Waals surface area contributed by atoms with E-state index in [1.54, 1.807) is 6.07 Å². The molecule has 0 aliphatic carbocycles. The summed E-state index contributed by atoms with van der Waals surface area (Å²) in [4.78, 5) is 25.1. The SMILES string of the molecule is C[C@@H](O)Cn1ccc2c(NC(=O)Cc3ccc(C(F)(F)F)c(F)c3)c(Cl)ccc2c1=O. The Kier molecular flexibility index (Phi) is 6.38. The van der Waals surface area contributed by atoms with Crippen molar-refractivity contribution in [3.05, 3.63) is 74.9 Å². The van der Waals surface area contributed by atoms with Gasteiger partial charge in [-0.15, -0.1) is 0 Å². The number of halogens is 5. The highest BCUT2D eigenvalue weighted by Gasteiger charge is 2.34. The fourth-order valence-electron chi connectivity index (χ4n) is 3.16. The van der Waals surface area contributed by atoms with Gasteiger partial charge in [0.2, 0.25) is 5.91 Å². The lowest BCUT2D eigenvalue weighted by molar-refractivity contribution is -0.140. The Balaban J connectivity index is 1.88. The first-order valence-corrected chi connectivity index (χ1v) is 9.50. The number of fused-ring (bicyclic) bond motifs is 1. The number of aliphatic hydroxyl groups excluding tert-OH is 1. The van der Waals surface area contributed by atoms with Crippen molar-refractivity contribution >= 4 is 34.0 Å². The summed E-state index contributed by atoms with van der Waals surface area (Å²) >= 11 is 6.17. The highest BCUT2D eigenvalue weighted by atomic mass is 35.5. The maximum absolute atomic E-state index is 13.7. The van der Waals surface area contributed by atoms with E-state index in [1.165, 1.54) is 29.8 Å². The number of alkyl halides is 3. The van der Waals surface area contributed by atoms with E-state index in [0.717, 1.165) is 6.07 Å². The van der Waals surface area contributed by atoms with Gasteiger partial charge >= 0.3 is 6.18 Å². The molecule has 164 valence electrons. The van der Waals surface area contributed by atoms with Crippen molar-refractivity contribution in [2.24, 2.45) is 0 Å². The van der Waals surface area contributed by atoms with E-state index in [0.29, 0.717) is 17.5 Å². The second kappa shape index (κ2) is 8.68. The predicted octanol–water partition coefficient (Wildman–Crippen LogP) is 4.37. The number of hydrogen-bond acceptors (Lipinski definition) is 3. The van der Waals surface area contributed by atoms with Crippen LogP contribution >= 0.6 is 11.6 Å². The topological polar surface area (TPSA) is 71.3 Å². The van der Waals surface area contributed by atoms with Gasteiger partial charge in [0.25, 0.3) is 5.56 Å². The molecule has 1 atom stereocenters. The number of rotatable bonds is 5. The molecule has 3 aromatic rings. The van der Waals surface area contributed by atoms with Crippen LogP contribution in [0.4, 0.5) is 23.2 Å². The minimum atomic E-state index is -4.83. The smallest absolute Gasteiger partial charge is 0.392 e. The van der Waals surface area contributed by atoms with Crippen molar-refractivity contribution in [2.45, 2.75) is 32.2 Å². The Morgan fingerprint density at radius 1 is 1.19 bits per heavy atom. The van der Waals surface area contributed by atoms with Crippen LogP contribution in [0, 0.1) is 5.82 Å². The van der Waals surface area contributed by atoms with Crippen LogP contribution in [0.3, 0.4) is 0 Å². The van der Waals surface area contributed by atoms with Gasteiger partial charge < -0.3 is 15.0 Å². The summed E-state index contributed by atoms with van der Waals surface area (Å²) in [7, 11) is 0. The number of anilines is 1. The lowest BCUT2D eigenvalue weighted by Gasteiger charge is -2.14. The number of aliphatic hydroxyl groups is 1. The van der Waals surface area contributed by atoms with Crippen molar-refractivity contribution in [3.63, 3.8) is 0 Å². The van der Waals surface area contributed by atoms with Gasteiger partial charge in [-0.25, -0.2) is 4.39 Å². The number of pyridine rings is 1. The highest BCUT2D eigenvalue weighted by molar-refractivity contribution is 6.35.